The molecular formula is C6H8O3S. The van der Waals surface area contributed by atoms with E-state index in [0.717, 1.165) is 0 Å². The first kappa shape index (κ1) is 7.60. The Hall–Kier alpha value is -0.510. The number of rotatable bonds is 1. The fraction of sp³-hybridized carbons (Fsp3) is 0.667. The molecule has 0 aromatic rings. The number of aliphatic carboxylic acids is 1. The maximum atomic E-state index is 10.8. The van der Waals surface area contributed by atoms with Gasteiger partial charge in [0, 0.05) is 5.25 Å². The molecule has 0 aromatic heterocycles. The van der Waals surface area contributed by atoms with Gasteiger partial charge in [-0.05, 0) is 0 Å². The largest absolute Gasteiger partial charge is 0.481 e. The summed E-state index contributed by atoms with van der Waals surface area (Å²) in [4.78, 5) is 21.2. The number of carbonyl (C=O) groups excluding carboxylic acids is 1. The Balaban J connectivity index is 2.72. The van der Waals surface area contributed by atoms with E-state index in [9.17, 15) is 9.59 Å². The summed E-state index contributed by atoms with van der Waals surface area (Å²) in [7, 11) is 0. The molecule has 0 aliphatic carbocycles. The van der Waals surface area contributed by atoms with Gasteiger partial charge in [-0.3, -0.25) is 9.59 Å². The molecule has 56 valence electrons. The highest BCUT2D eigenvalue weighted by Gasteiger charge is 2.37. The Morgan fingerprint density at radius 2 is 2.40 bits per heavy atom. The molecule has 1 N–H and O–H groups in total. The molecule has 0 spiro atoms. The van der Waals surface area contributed by atoms with Gasteiger partial charge in [0.05, 0.1) is 5.75 Å². The van der Waals surface area contributed by atoms with Crippen LogP contribution in [0.25, 0.3) is 0 Å². The molecule has 1 fully saturated rings. The van der Waals surface area contributed by atoms with Gasteiger partial charge in [-0.25, -0.2) is 0 Å². The lowest BCUT2D eigenvalue weighted by molar-refractivity contribution is -0.144. The minimum atomic E-state index is -0.984. The van der Waals surface area contributed by atoms with Crippen molar-refractivity contribution in [2.45, 2.75) is 12.2 Å². The quantitative estimate of drug-likeness (QED) is 0.564. The predicted molar refractivity (Wildman–Crippen MR) is 38.1 cm³/mol. The molecule has 1 aliphatic heterocycles. The molecule has 0 aromatic carbocycles. The predicted octanol–water partition coefficient (Wildman–Crippen LogP) is 0.392. The van der Waals surface area contributed by atoms with Crippen molar-refractivity contribution in [3.8, 4) is 0 Å². The summed E-state index contributed by atoms with van der Waals surface area (Å²) in [6, 6.07) is 0. The third-order valence-corrected chi connectivity index (χ3v) is 2.82. The lowest BCUT2D eigenvalue weighted by Crippen LogP contribution is -2.25. The monoisotopic (exact) mass is 160 g/mol. The zero-order valence-corrected chi connectivity index (χ0v) is 6.35. The van der Waals surface area contributed by atoms with Gasteiger partial charge in [0.1, 0.15) is 5.92 Å². The molecule has 2 unspecified atom stereocenters. The van der Waals surface area contributed by atoms with Gasteiger partial charge < -0.3 is 5.11 Å². The van der Waals surface area contributed by atoms with E-state index in [1.54, 1.807) is 6.92 Å². The average molecular weight is 160 g/mol. The van der Waals surface area contributed by atoms with Crippen molar-refractivity contribution in [1.82, 2.24) is 0 Å². The summed E-state index contributed by atoms with van der Waals surface area (Å²) in [6.07, 6.45) is 0. The van der Waals surface area contributed by atoms with Gasteiger partial charge in [0.25, 0.3) is 0 Å². The van der Waals surface area contributed by atoms with Crippen LogP contribution in [0.3, 0.4) is 0 Å². The highest BCUT2D eigenvalue weighted by atomic mass is 32.2. The molecule has 2 atom stereocenters. The van der Waals surface area contributed by atoms with Crippen LogP contribution in [0.5, 0.6) is 0 Å². The van der Waals surface area contributed by atoms with Gasteiger partial charge in [0.2, 0.25) is 0 Å². The van der Waals surface area contributed by atoms with Crippen LogP contribution in [0.2, 0.25) is 0 Å². The van der Waals surface area contributed by atoms with E-state index < -0.39 is 11.9 Å². The number of hydrogen-bond donors (Lipinski definition) is 1. The van der Waals surface area contributed by atoms with Crippen molar-refractivity contribution >= 4 is 23.5 Å². The van der Waals surface area contributed by atoms with E-state index in [0.29, 0.717) is 5.75 Å². The first-order chi connectivity index (χ1) is 4.63. The van der Waals surface area contributed by atoms with E-state index in [1.807, 2.05) is 0 Å². The number of carboxylic acids is 1. The second-order valence-corrected chi connectivity index (χ2v) is 3.66. The van der Waals surface area contributed by atoms with Crippen molar-refractivity contribution in [2.75, 3.05) is 5.75 Å². The maximum Gasteiger partial charge on any atom is 0.315 e. The van der Waals surface area contributed by atoms with Crippen LogP contribution in [0.4, 0.5) is 0 Å². The van der Waals surface area contributed by atoms with Crippen LogP contribution in [0.15, 0.2) is 0 Å². The topological polar surface area (TPSA) is 54.4 Å². The first-order valence-electron chi connectivity index (χ1n) is 3.00. The minimum Gasteiger partial charge on any atom is -0.481 e. The van der Waals surface area contributed by atoms with Gasteiger partial charge in [-0.15, -0.1) is 11.8 Å². The Bertz CT molecular complexity index is 178. The molecule has 1 rings (SSSR count). The number of carboxylic acid groups (broad SMARTS) is 1. The van der Waals surface area contributed by atoms with Crippen molar-refractivity contribution in [3.63, 3.8) is 0 Å². The molecular weight excluding hydrogens is 152 g/mol. The average Bonchev–Trinajstić information content (AvgIpc) is 2.11. The minimum absolute atomic E-state index is 0.0509. The van der Waals surface area contributed by atoms with Crippen LogP contribution >= 0.6 is 11.8 Å². The Labute approximate surface area is 62.8 Å². The Kier molecular flexibility index (Phi) is 1.99. The molecule has 3 nitrogen and oxygen atoms in total. The van der Waals surface area contributed by atoms with Crippen molar-refractivity contribution in [2.24, 2.45) is 5.92 Å². The summed E-state index contributed by atoms with van der Waals surface area (Å²) in [6.45, 7) is 1.77. The van der Waals surface area contributed by atoms with E-state index in [1.165, 1.54) is 11.8 Å². The maximum absolute atomic E-state index is 10.8. The SMILES string of the molecule is CC1SCC(=O)C1C(=O)O. The summed E-state index contributed by atoms with van der Waals surface area (Å²) in [5.74, 6) is -1.53. The molecule has 1 heterocycles. The molecule has 0 saturated carbocycles. The first-order valence-corrected chi connectivity index (χ1v) is 4.05. The lowest BCUT2D eigenvalue weighted by Gasteiger charge is -2.05. The van der Waals surface area contributed by atoms with Crippen LogP contribution in [-0.4, -0.2) is 27.9 Å². The summed E-state index contributed by atoms with van der Waals surface area (Å²) in [5, 5.41) is 8.47. The number of thioether (sulfide) groups is 1. The third kappa shape index (κ3) is 1.16. The molecule has 0 bridgehead atoms. The molecule has 1 aliphatic rings. The number of carbonyl (C=O) groups is 2. The highest BCUT2D eigenvalue weighted by molar-refractivity contribution is 8.01. The molecule has 10 heavy (non-hydrogen) atoms. The van der Waals surface area contributed by atoms with E-state index in [2.05, 4.69) is 0 Å². The second-order valence-electron chi connectivity index (χ2n) is 2.30. The molecule has 4 heteroatoms. The van der Waals surface area contributed by atoms with Gasteiger partial charge in [-0.2, -0.15) is 0 Å². The fourth-order valence-electron chi connectivity index (χ4n) is 1.000. The standard InChI is InChI=1S/C6H8O3S/c1-3-5(6(8)9)4(7)2-10-3/h3,5H,2H2,1H3,(H,8,9). The van der Waals surface area contributed by atoms with E-state index >= 15 is 0 Å². The number of ketones is 1. The second kappa shape index (κ2) is 2.62. The van der Waals surface area contributed by atoms with Crippen LogP contribution < -0.4 is 0 Å². The van der Waals surface area contributed by atoms with Crippen LogP contribution in [0.1, 0.15) is 6.92 Å². The van der Waals surface area contributed by atoms with Crippen LogP contribution in [0, 0.1) is 5.92 Å². The van der Waals surface area contributed by atoms with E-state index in [4.69, 9.17) is 5.11 Å². The normalized spacial score (nSPS) is 32.7. The summed E-state index contributed by atoms with van der Waals surface area (Å²) < 4.78 is 0. The van der Waals surface area contributed by atoms with E-state index in [-0.39, 0.29) is 11.0 Å². The lowest BCUT2D eigenvalue weighted by atomic mass is 10.0. The molecule has 1 saturated heterocycles. The Morgan fingerprint density at radius 3 is 2.60 bits per heavy atom. The zero-order valence-electron chi connectivity index (χ0n) is 5.53. The van der Waals surface area contributed by atoms with Gasteiger partial charge in [-0.1, -0.05) is 6.92 Å². The fourth-order valence-corrected chi connectivity index (χ4v) is 2.07. The van der Waals surface area contributed by atoms with Crippen molar-refractivity contribution in [1.29, 1.82) is 0 Å². The number of hydrogen-bond acceptors (Lipinski definition) is 3. The van der Waals surface area contributed by atoms with Gasteiger partial charge >= 0.3 is 5.97 Å². The van der Waals surface area contributed by atoms with Crippen LogP contribution in [-0.2, 0) is 9.59 Å². The van der Waals surface area contributed by atoms with Crippen molar-refractivity contribution < 1.29 is 14.7 Å². The zero-order chi connectivity index (χ0) is 7.72. The van der Waals surface area contributed by atoms with Crippen molar-refractivity contribution in [3.05, 3.63) is 0 Å². The summed E-state index contributed by atoms with van der Waals surface area (Å²) in [5.41, 5.74) is 0. The molecule has 0 radical (unpaired) electrons. The number of Topliss-reactive ketones (excluding diaryl/α,β-unsaturated/α-hetero) is 1. The third-order valence-electron chi connectivity index (χ3n) is 1.57. The smallest absolute Gasteiger partial charge is 0.315 e. The Morgan fingerprint density at radius 1 is 1.80 bits per heavy atom. The highest BCUT2D eigenvalue weighted by Crippen LogP contribution is 2.28. The molecule has 0 amide bonds. The summed E-state index contributed by atoms with van der Waals surface area (Å²) >= 11 is 1.41. The van der Waals surface area contributed by atoms with Gasteiger partial charge in [0.15, 0.2) is 5.78 Å².